The normalized spacial score (nSPS) is 11.4. The maximum atomic E-state index is 12.2. The second-order valence-electron chi connectivity index (χ2n) is 4.25. The zero-order valence-corrected chi connectivity index (χ0v) is 13.2. The number of carbonyl (C=O) groups is 1. The van der Waals surface area contributed by atoms with E-state index in [1.807, 2.05) is 6.92 Å². The average Bonchev–Trinajstić information content (AvgIpc) is 3.05. The Balaban J connectivity index is 2.36. The highest BCUT2D eigenvalue weighted by Crippen LogP contribution is 2.18. The Bertz CT molecular complexity index is 778. The van der Waals surface area contributed by atoms with Crippen LogP contribution in [0.1, 0.15) is 24.2 Å². The number of ether oxygens (including phenoxy) is 1. The molecule has 2 rings (SSSR count). The van der Waals surface area contributed by atoms with Gasteiger partial charge in [-0.15, -0.1) is 5.10 Å². The van der Waals surface area contributed by atoms with Crippen LogP contribution in [0.2, 0.25) is 0 Å². The number of carbonyl (C=O) groups excluding carboxylic acids is 1. The van der Waals surface area contributed by atoms with Crippen molar-refractivity contribution in [3.63, 3.8) is 0 Å². The van der Waals surface area contributed by atoms with Crippen LogP contribution in [-0.2, 0) is 28.4 Å². The molecule has 0 saturated carbocycles. The van der Waals surface area contributed by atoms with Gasteiger partial charge in [0.25, 0.3) is 10.0 Å². The molecular formula is C11H16N6O4S. The second kappa shape index (κ2) is 6.13. The number of sulfonamides is 1. The summed E-state index contributed by atoms with van der Waals surface area (Å²) in [6.07, 6.45) is 2.52. The van der Waals surface area contributed by atoms with Crippen molar-refractivity contribution < 1.29 is 17.9 Å². The molecule has 0 amide bonds. The number of nitrogens with zero attached hydrogens (tertiary/aromatic N) is 5. The molecule has 0 unspecified atom stereocenters. The summed E-state index contributed by atoms with van der Waals surface area (Å²) in [5.41, 5.74) is 0.0381. The third kappa shape index (κ3) is 3.24. The van der Waals surface area contributed by atoms with Gasteiger partial charge in [0, 0.05) is 19.8 Å². The van der Waals surface area contributed by atoms with Crippen molar-refractivity contribution in [2.24, 2.45) is 7.05 Å². The lowest BCUT2D eigenvalue weighted by Gasteiger charge is -2.04. The molecule has 11 heteroatoms. The van der Waals surface area contributed by atoms with Crippen molar-refractivity contribution in [1.29, 1.82) is 0 Å². The molecule has 2 heterocycles. The quantitative estimate of drug-likeness (QED) is 0.741. The zero-order chi connectivity index (χ0) is 16.3. The van der Waals surface area contributed by atoms with Crippen LogP contribution in [0.25, 0.3) is 0 Å². The highest BCUT2D eigenvalue weighted by Gasteiger charge is 2.24. The molecule has 0 fully saturated rings. The first-order valence-electron chi connectivity index (χ1n) is 6.51. The minimum Gasteiger partial charge on any atom is -0.462 e. The molecule has 0 atom stereocenters. The lowest BCUT2D eigenvalue weighted by atomic mass is 10.3. The van der Waals surface area contributed by atoms with Crippen molar-refractivity contribution in [2.75, 3.05) is 11.3 Å². The number of aromatic nitrogens is 5. The van der Waals surface area contributed by atoms with Crippen LogP contribution in [0.3, 0.4) is 0 Å². The van der Waals surface area contributed by atoms with Gasteiger partial charge in [0.05, 0.1) is 12.8 Å². The van der Waals surface area contributed by atoms with Gasteiger partial charge < -0.3 is 4.74 Å². The molecule has 0 saturated heterocycles. The van der Waals surface area contributed by atoms with Crippen LogP contribution in [0.5, 0.6) is 0 Å². The Morgan fingerprint density at radius 3 is 2.64 bits per heavy atom. The van der Waals surface area contributed by atoms with E-state index in [0.29, 0.717) is 6.54 Å². The second-order valence-corrected chi connectivity index (χ2v) is 5.87. The van der Waals surface area contributed by atoms with Crippen LogP contribution in [0, 0.1) is 0 Å². The molecule has 120 valence electrons. The lowest BCUT2D eigenvalue weighted by molar-refractivity contribution is 0.0527. The van der Waals surface area contributed by atoms with Crippen molar-refractivity contribution in [2.45, 2.75) is 25.4 Å². The smallest absolute Gasteiger partial charge is 0.343 e. The van der Waals surface area contributed by atoms with Crippen LogP contribution in [0.15, 0.2) is 17.4 Å². The predicted octanol–water partition coefficient (Wildman–Crippen LogP) is 0.00900. The fourth-order valence-corrected chi connectivity index (χ4v) is 2.57. The van der Waals surface area contributed by atoms with Crippen molar-refractivity contribution >= 4 is 21.8 Å². The monoisotopic (exact) mass is 328 g/mol. The number of esters is 1. The molecule has 2 aromatic rings. The number of rotatable bonds is 6. The SMILES string of the molecule is CCOC(=O)c1cn(CC)nc1NS(=O)(=O)c1cnn(C)n1. The molecule has 0 bridgehead atoms. The maximum absolute atomic E-state index is 12.2. The molecule has 0 aliphatic heterocycles. The van der Waals surface area contributed by atoms with Crippen LogP contribution < -0.4 is 4.72 Å². The van der Waals surface area contributed by atoms with Gasteiger partial charge in [-0.05, 0) is 13.8 Å². The highest BCUT2D eigenvalue weighted by molar-refractivity contribution is 7.92. The third-order valence-corrected chi connectivity index (χ3v) is 3.87. The van der Waals surface area contributed by atoms with Crippen molar-refractivity contribution in [1.82, 2.24) is 24.8 Å². The minimum absolute atomic E-state index is 0.0381. The first-order valence-corrected chi connectivity index (χ1v) is 7.99. The number of hydrogen-bond acceptors (Lipinski definition) is 7. The maximum Gasteiger partial charge on any atom is 0.343 e. The number of hydrogen-bond donors (Lipinski definition) is 1. The summed E-state index contributed by atoms with van der Waals surface area (Å²) in [4.78, 5) is 13.0. The van der Waals surface area contributed by atoms with Gasteiger partial charge in [0.15, 0.2) is 5.82 Å². The molecule has 10 nitrogen and oxygen atoms in total. The van der Waals surface area contributed by atoms with Gasteiger partial charge in [-0.25, -0.2) is 4.79 Å². The summed E-state index contributed by atoms with van der Waals surface area (Å²) in [5, 5.41) is 11.2. The predicted molar refractivity (Wildman–Crippen MR) is 75.7 cm³/mol. The van der Waals surface area contributed by atoms with E-state index in [9.17, 15) is 13.2 Å². The van der Waals surface area contributed by atoms with E-state index in [4.69, 9.17) is 4.74 Å². The summed E-state index contributed by atoms with van der Waals surface area (Å²) in [5.74, 6) is -0.759. The molecule has 0 aliphatic carbocycles. The summed E-state index contributed by atoms with van der Waals surface area (Å²) < 4.78 is 33.0. The molecule has 0 aliphatic rings. The van der Waals surface area contributed by atoms with E-state index < -0.39 is 16.0 Å². The van der Waals surface area contributed by atoms with Crippen LogP contribution >= 0.6 is 0 Å². The minimum atomic E-state index is -3.99. The van der Waals surface area contributed by atoms with E-state index in [0.717, 1.165) is 11.0 Å². The van der Waals surface area contributed by atoms with Gasteiger partial charge in [0.1, 0.15) is 5.56 Å². The van der Waals surface area contributed by atoms with Crippen molar-refractivity contribution in [3.8, 4) is 0 Å². The summed E-state index contributed by atoms with van der Waals surface area (Å²) in [7, 11) is -2.49. The van der Waals surface area contributed by atoms with Gasteiger partial charge in [0.2, 0.25) is 5.03 Å². The van der Waals surface area contributed by atoms with Gasteiger partial charge in [-0.2, -0.15) is 23.4 Å². The highest BCUT2D eigenvalue weighted by atomic mass is 32.2. The Labute approximate surface area is 127 Å². The van der Waals surface area contributed by atoms with E-state index in [1.165, 1.54) is 17.9 Å². The van der Waals surface area contributed by atoms with Gasteiger partial charge in [-0.1, -0.05) is 0 Å². The van der Waals surface area contributed by atoms with Crippen molar-refractivity contribution in [3.05, 3.63) is 18.0 Å². The summed E-state index contributed by atoms with van der Waals surface area (Å²) in [6, 6.07) is 0. The fourth-order valence-electron chi connectivity index (χ4n) is 1.65. The summed E-state index contributed by atoms with van der Waals surface area (Å²) in [6.45, 7) is 4.11. The van der Waals surface area contributed by atoms with E-state index in [-0.39, 0.29) is 23.0 Å². The Morgan fingerprint density at radius 2 is 2.09 bits per heavy atom. The zero-order valence-electron chi connectivity index (χ0n) is 12.3. The van der Waals surface area contributed by atoms with Gasteiger partial charge in [-0.3, -0.25) is 9.40 Å². The number of aryl methyl sites for hydroxylation is 2. The fraction of sp³-hybridized carbons (Fsp3) is 0.455. The standard InChI is InChI=1S/C11H16N6O4S/c1-4-17-7-8(11(18)21-5-2)10(14-17)15-22(19,20)9-6-12-16(3)13-9/h6-7H,4-5H2,1-3H3,(H,14,15). The van der Waals surface area contributed by atoms with E-state index >= 15 is 0 Å². The first kappa shape index (κ1) is 15.9. The van der Waals surface area contributed by atoms with E-state index in [1.54, 1.807) is 6.92 Å². The molecular weight excluding hydrogens is 312 g/mol. The van der Waals surface area contributed by atoms with Gasteiger partial charge >= 0.3 is 5.97 Å². The summed E-state index contributed by atoms with van der Waals surface area (Å²) >= 11 is 0. The Hall–Kier alpha value is -2.43. The largest absolute Gasteiger partial charge is 0.462 e. The molecule has 0 aromatic carbocycles. The molecule has 0 radical (unpaired) electrons. The molecule has 0 spiro atoms. The molecule has 2 aromatic heterocycles. The van der Waals surface area contributed by atoms with E-state index in [2.05, 4.69) is 20.0 Å². The Morgan fingerprint density at radius 1 is 1.36 bits per heavy atom. The average molecular weight is 328 g/mol. The number of nitrogens with one attached hydrogen (secondary N) is 1. The number of anilines is 1. The molecule has 1 N–H and O–H groups in total. The Kier molecular flexibility index (Phi) is 4.45. The van der Waals surface area contributed by atoms with Crippen LogP contribution in [0.4, 0.5) is 5.82 Å². The van der Waals surface area contributed by atoms with Crippen LogP contribution in [-0.4, -0.2) is 45.8 Å². The lowest BCUT2D eigenvalue weighted by Crippen LogP contribution is -2.17. The third-order valence-electron chi connectivity index (χ3n) is 2.67. The first-order chi connectivity index (χ1) is 10.4. The topological polar surface area (TPSA) is 121 Å². The molecule has 22 heavy (non-hydrogen) atoms.